The van der Waals surface area contributed by atoms with Crippen LogP contribution in [-0.2, 0) is 47.7 Å². The van der Waals surface area contributed by atoms with E-state index in [0.29, 0.717) is 50.8 Å². The molecule has 0 aliphatic carbocycles. The number of benzene rings is 3. The van der Waals surface area contributed by atoms with Crippen molar-refractivity contribution in [2.24, 2.45) is 5.73 Å². The van der Waals surface area contributed by atoms with Crippen LogP contribution in [-0.4, -0.2) is 98.9 Å². The Morgan fingerprint density at radius 1 is 0.883 bits per heavy atom. The number of piperazine rings is 1. The van der Waals surface area contributed by atoms with E-state index in [4.69, 9.17) is 19.9 Å². The zero-order valence-electron chi connectivity index (χ0n) is 34.9. The zero-order chi connectivity index (χ0) is 42.7. The molecule has 4 aromatic rings. The van der Waals surface area contributed by atoms with Crippen molar-refractivity contribution in [3.05, 3.63) is 102 Å². The van der Waals surface area contributed by atoms with Gasteiger partial charge in [0.15, 0.2) is 9.74 Å². The lowest BCUT2D eigenvalue weighted by atomic mass is 9.72. The first-order valence-electron chi connectivity index (χ1n) is 20.3. The highest BCUT2D eigenvalue weighted by atomic mass is 33.1. The Hall–Kier alpha value is -4.13. The summed E-state index contributed by atoms with van der Waals surface area (Å²) in [6, 6.07) is 23.3. The van der Waals surface area contributed by atoms with Gasteiger partial charge in [-0.1, -0.05) is 75.3 Å². The topological polar surface area (TPSA) is 162 Å². The van der Waals surface area contributed by atoms with Crippen LogP contribution in [0.15, 0.2) is 90.0 Å². The fourth-order valence-corrected chi connectivity index (χ4v) is 14.0. The van der Waals surface area contributed by atoms with Crippen molar-refractivity contribution >= 4 is 49.1 Å². The van der Waals surface area contributed by atoms with Crippen LogP contribution < -0.4 is 14.8 Å². The quantitative estimate of drug-likeness (QED) is 0.0988. The van der Waals surface area contributed by atoms with E-state index in [1.54, 1.807) is 60.0 Å². The molecule has 2 bridgehead atoms. The summed E-state index contributed by atoms with van der Waals surface area (Å²) >= 11 is 0. The predicted octanol–water partition coefficient (Wildman–Crippen LogP) is 5.91. The number of nitrogens with two attached hydrogens (primary N) is 1. The van der Waals surface area contributed by atoms with E-state index in [1.807, 2.05) is 76.4 Å². The van der Waals surface area contributed by atoms with E-state index in [-0.39, 0.29) is 28.7 Å². The molecule has 0 radical (unpaired) electrons. The van der Waals surface area contributed by atoms with Crippen LogP contribution in [0.25, 0.3) is 0 Å². The summed E-state index contributed by atoms with van der Waals surface area (Å²) in [6.45, 7) is 12.4. The van der Waals surface area contributed by atoms with Gasteiger partial charge in [-0.05, 0) is 95.5 Å². The SMILES string of the molecule is CN1C(=O)[C@@]23C[C@]4(c5ccc(OCCCn6cc(COC(C)(C)CCOC(C)(C)CCN)nn6)cc5)c5ccccc5N(S(=O)(=O)c5ccccc5)[C@@H]4N2C(=O)[C@]1(C)SS3. The smallest absolute Gasteiger partial charge is 0.266 e. The number of carbonyl (C=O) groups is 2. The number of likely N-dealkylation sites (N-methyl/N-ethyl adjacent to an activating group) is 1. The van der Waals surface area contributed by atoms with Crippen LogP contribution in [0.5, 0.6) is 5.75 Å². The second-order valence-corrected chi connectivity index (χ2v) is 21.9. The van der Waals surface area contributed by atoms with Crippen molar-refractivity contribution in [1.29, 1.82) is 0 Å². The van der Waals surface area contributed by atoms with Crippen molar-refractivity contribution in [1.82, 2.24) is 24.8 Å². The molecule has 3 aromatic carbocycles. The van der Waals surface area contributed by atoms with Gasteiger partial charge < -0.3 is 24.8 Å². The average molecular weight is 876 g/mol. The third-order valence-corrected chi connectivity index (χ3v) is 17.8. The molecule has 2 N–H and O–H groups in total. The second kappa shape index (κ2) is 15.6. The van der Waals surface area contributed by atoms with Gasteiger partial charge in [0.05, 0.1) is 53.2 Å². The molecule has 17 heteroatoms. The first kappa shape index (κ1) is 42.6. The van der Waals surface area contributed by atoms with E-state index >= 15 is 0 Å². The molecule has 5 aliphatic rings. The van der Waals surface area contributed by atoms with Gasteiger partial charge in [0.1, 0.15) is 17.6 Å². The summed E-state index contributed by atoms with van der Waals surface area (Å²) in [4.78, 5) is 29.8. The van der Waals surface area contributed by atoms with E-state index in [1.165, 1.54) is 30.8 Å². The number of hydrogen-bond donors (Lipinski definition) is 1. The number of anilines is 1. The molecule has 4 saturated heterocycles. The summed E-state index contributed by atoms with van der Waals surface area (Å²) in [5.74, 6) is 0.133. The molecule has 9 rings (SSSR count). The van der Waals surface area contributed by atoms with Gasteiger partial charge in [0, 0.05) is 26.4 Å². The van der Waals surface area contributed by atoms with Crippen LogP contribution in [0.2, 0.25) is 0 Å². The molecule has 2 amide bonds. The number of nitrogens with zero attached hydrogens (tertiary/aromatic N) is 6. The number of hydrogen-bond acceptors (Lipinski definition) is 12. The monoisotopic (exact) mass is 875 g/mol. The lowest BCUT2D eigenvalue weighted by Gasteiger charge is -2.58. The molecule has 320 valence electrons. The maximum Gasteiger partial charge on any atom is 0.266 e. The summed E-state index contributed by atoms with van der Waals surface area (Å²) in [6.07, 6.45) is 3.22. The molecular formula is C43H53N7O7S3. The van der Waals surface area contributed by atoms with Crippen molar-refractivity contribution in [2.75, 3.05) is 31.1 Å². The highest BCUT2D eigenvalue weighted by Crippen LogP contribution is 2.71. The molecule has 60 heavy (non-hydrogen) atoms. The standard InChI is InChI=1S/C43H53N7O7S3/c1-39(2,21-23-44)56-26-22-40(3,4)57-28-31-27-48(46-45-31)24-12-25-55-32-19-17-30(18-20-32)42-29-43-38(52)47(6)41(5,58-59-43)37(51)49(43)36(42)50(35-16-11-10-15-34(35)42)60(53,54)33-13-8-7-9-14-33/h7-11,13-20,27,36H,12,21-26,28-29,44H2,1-6H3/t36-,41-,42-,43-/m0/s1. The molecule has 1 spiro atoms. The Morgan fingerprint density at radius 2 is 1.58 bits per heavy atom. The van der Waals surface area contributed by atoms with Crippen molar-refractivity contribution in [3.8, 4) is 5.75 Å². The maximum atomic E-state index is 14.8. The number of para-hydroxylation sites is 1. The first-order chi connectivity index (χ1) is 28.5. The number of aryl methyl sites for hydroxylation is 1. The maximum absolute atomic E-state index is 14.8. The molecule has 0 unspecified atom stereocenters. The fraction of sp³-hybridized carbons (Fsp3) is 0.488. The van der Waals surface area contributed by atoms with Gasteiger partial charge in [-0.15, -0.1) is 5.10 Å². The average Bonchev–Trinajstić information content (AvgIpc) is 3.89. The fourth-order valence-electron chi connectivity index (χ4n) is 8.80. The number of amides is 2. The van der Waals surface area contributed by atoms with Gasteiger partial charge >= 0.3 is 0 Å². The number of rotatable bonds is 17. The van der Waals surface area contributed by atoms with Gasteiger partial charge in [0.25, 0.3) is 21.8 Å². The molecule has 4 atom stereocenters. The normalized spacial score (nSPS) is 24.9. The minimum absolute atomic E-state index is 0.103. The minimum atomic E-state index is -4.21. The number of carbonyl (C=O) groups excluding carboxylic acids is 2. The molecular weight excluding hydrogens is 823 g/mol. The Bertz CT molecular complexity index is 2360. The lowest BCUT2D eigenvalue weighted by Crippen LogP contribution is -2.76. The largest absolute Gasteiger partial charge is 0.494 e. The van der Waals surface area contributed by atoms with Crippen molar-refractivity contribution in [3.63, 3.8) is 0 Å². The van der Waals surface area contributed by atoms with Gasteiger partial charge in [-0.3, -0.25) is 19.2 Å². The third kappa shape index (κ3) is 7.08. The molecule has 0 saturated carbocycles. The van der Waals surface area contributed by atoms with Crippen LogP contribution in [0.4, 0.5) is 5.69 Å². The lowest BCUT2D eigenvalue weighted by molar-refractivity contribution is -0.163. The molecule has 4 fully saturated rings. The van der Waals surface area contributed by atoms with Crippen molar-refractivity contribution < 1.29 is 32.2 Å². The van der Waals surface area contributed by atoms with Gasteiger partial charge in [-0.25, -0.2) is 12.7 Å². The molecule has 14 nitrogen and oxygen atoms in total. The van der Waals surface area contributed by atoms with E-state index < -0.39 is 36.9 Å². The number of ether oxygens (including phenoxy) is 3. The van der Waals surface area contributed by atoms with Crippen molar-refractivity contribution in [2.45, 2.75) is 111 Å². The summed E-state index contributed by atoms with van der Waals surface area (Å²) in [5.41, 5.74) is 6.71. The van der Waals surface area contributed by atoms with Gasteiger partial charge in [-0.2, -0.15) is 0 Å². The van der Waals surface area contributed by atoms with Crippen LogP contribution in [0.3, 0.4) is 0 Å². The third-order valence-electron chi connectivity index (χ3n) is 12.3. The van der Waals surface area contributed by atoms with E-state index in [9.17, 15) is 18.0 Å². The number of sulfonamides is 1. The number of fused-ring (bicyclic) bond motifs is 5. The highest BCUT2D eigenvalue weighted by Gasteiger charge is 2.79. The summed E-state index contributed by atoms with van der Waals surface area (Å²) < 4.78 is 51.2. The Balaban J connectivity index is 0.985. The van der Waals surface area contributed by atoms with Crippen LogP contribution in [0, 0.1) is 0 Å². The zero-order valence-corrected chi connectivity index (χ0v) is 37.3. The first-order valence-corrected chi connectivity index (χ1v) is 23.9. The molecule has 5 aliphatic heterocycles. The number of aromatic nitrogens is 3. The Morgan fingerprint density at radius 3 is 2.32 bits per heavy atom. The Labute approximate surface area is 359 Å². The van der Waals surface area contributed by atoms with Gasteiger partial charge in [0.2, 0.25) is 0 Å². The Kier molecular flexibility index (Phi) is 11.1. The van der Waals surface area contributed by atoms with Crippen LogP contribution in [0.1, 0.15) is 77.1 Å². The molecule has 1 aromatic heterocycles. The van der Waals surface area contributed by atoms with E-state index in [0.717, 1.165) is 29.7 Å². The van der Waals surface area contributed by atoms with E-state index in [2.05, 4.69) is 10.3 Å². The summed E-state index contributed by atoms with van der Waals surface area (Å²) in [7, 11) is 0.169. The van der Waals surface area contributed by atoms with Crippen LogP contribution >= 0.6 is 21.6 Å². The summed E-state index contributed by atoms with van der Waals surface area (Å²) in [5, 5.41) is 8.57. The predicted molar refractivity (Wildman–Crippen MR) is 231 cm³/mol. The minimum Gasteiger partial charge on any atom is -0.494 e. The second-order valence-electron chi connectivity index (χ2n) is 17.3. The highest BCUT2D eigenvalue weighted by molar-refractivity contribution is 8.78. The molecule has 6 heterocycles.